The number of imide groups is 1. The van der Waals surface area contributed by atoms with E-state index in [4.69, 9.17) is 33.0 Å². The normalized spacial score (nSPS) is 14.9. The molecule has 0 radical (unpaired) electrons. The van der Waals surface area contributed by atoms with Crippen molar-refractivity contribution in [3.63, 3.8) is 0 Å². The molecule has 7 nitrogen and oxygen atoms in total. The van der Waals surface area contributed by atoms with Gasteiger partial charge in [-0.2, -0.15) is 0 Å². The Morgan fingerprint density at radius 1 is 1.17 bits per heavy atom. The number of carbonyl (C=O) groups is 3. The van der Waals surface area contributed by atoms with Crippen molar-refractivity contribution in [2.45, 2.75) is 20.0 Å². The van der Waals surface area contributed by atoms with E-state index in [2.05, 4.69) is 5.32 Å². The minimum absolute atomic E-state index is 0.139. The fourth-order valence-corrected chi connectivity index (χ4v) is 3.48. The second kappa shape index (κ2) is 9.19. The lowest BCUT2D eigenvalue weighted by atomic mass is 10.1. The Morgan fingerprint density at radius 2 is 1.80 bits per heavy atom. The molecule has 156 valence electrons. The summed E-state index contributed by atoms with van der Waals surface area (Å²) in [7, 11) is 0. The van der Waals surface area contributed by atoms with Gasteiger partial charge in [0.25, 0.3) is 5.91 Å². The topological polar surface area (TPSA) is 95.9 Å². The van der Waals surface area contributed by atoms with Crippen molar-refractivity contribution < 1.29 is 24.2 Å². The second-order valence-electron chi connectivity index (χ2n) is 6.55. The lowest BCUT2D eigenvalue weighted by Crippen LogP contribution is -2.31. The first-order valence-electron chi connectivity index (χ1n) is 9.08. The van der Waals surface area contributed by atoms with Crippen molar-refractivity contribution in [2.75, 3.05) is 6.54 Å². The van der Waals surface area contributed by atoms with E-state index < -0.39 is 17.9 Å². The van der Waals surface area contributed by atoms with Gasteiger partial charge in [0.1, 0.15) is 12.3 Å². The highest BCUT2D eigenvalue weighted by atomic mass is 35.5. The maximum Gasteiger partial charge on any atom is 0.335 e. The van der Waals surface area contributed by atoms with E-state index in [-0.39, 0.29) is 33.7 Å². The molecule has 9 heteroatoms. The van der Waals surface area contributed by atoms with Gasteiger partial charge in [-0.15, -0.1) is 0 Å². The lowest BCUT2D eigenvalue weighted by molar-refractivity contribution is -0.122. The van der Waals surface area contributed by atoms with Crippen LogP contribution in [0.25, 0.3) is 6.08 Å². The summed E-state index contributed by atoms with van der Waals surface area (Å²) in [4.78, 5) is 36.3. The largest absolute Gasteiger partial charge is 0.486 e. The summed E-state index contributed by atoms with van der Waals surface area (Å²) in [5.41, 5.74) is 1.60. The smallest absolute Gasteiger partial charge is 0.335 e. The number of halogens is 2. The fourth-order valence-electron chi connectivity index (χ4n) is 2.86. The number of hydrogen-bond donors (Lipinski definition) is 2. The number of carbonyl (C=O) groups excluding carboxylic acids is 2. The van der Waals surface area contributed by atoms with Crippen molar-refractivity contribution in [3.05, 3.63) is 68.8 Å². The SMILES string of the molecule is CCCN1C(=O)N/C(=C/c2cc(Cl)c(OCc3ccc(C(=O)O)cc3)c(Cl)c2)C1=O. The fraction of sp³-hybridized carbons (Fsp3) is 0.190. The highest BCUT2D eigenvalue weighted by Gasteiger charge is 2.32. The van der Waals surface area contributed by atoms with Gasteiger partial charge in [0, 0.05) is 6.54 Å². The minimum Gasteiger partial charge on any atom is -0.486 e. The molecular formula is C21H18Cl2N2O5. The molecule has 0 bridgehead atoms. The average Bonchev–Trinajstić information content (AvgIpc) is 2.95. The van der Waals surface area contributed by atoms with E-state index in [9.17, 15) is 14.4 Å². The van der Waals surface area contributed by atoms with Gasteiger partial charge in [-0.3, -0.25) is 9.69 Å². The van der Waals surface area contributed by atoms with Crippen LogP contribution in [0.1, 0.15) is 34.8 Å². The van der Waals surface area contributed by atoms with E-state index in [1.807, 2.05) is 6.92 Å². The maximum atomic E-state index is 12.3. The predicted molar refractivity (Wildman–Crippen MR) is 113 cm³/mol. The van der Waals surface area contributed by atoms with Crippen LogP contribution in [0.4, 0.5) is 4.79 Å². The number of hydrogen-bond acceptors (Lipinski definition) is 4. The van der Waals surface area contributed by atoms with Gasteiger partial charge < -0.3 is 15.2 Å². The van der Waals surface area contributed by atoms with Gasteiger partial charge in [0.2, 0.25) is 0 Å². The quantitative estimate of drug-likeness (QED) is 0.477. The second-order valence-corrected chi connectivity index (χ2v) is 7.36. The number of benzene rings is 2. The molecule has 0 spiro atoms. The van der Waals surface area contributed by atoms with Crippen molar-refractivity contribution in [3.8, 4) is 5.75 Å². The van der Waals surface area contributed by atoms with Gasteiger partial charge in [-0.25, -0.2) is 9.59 Å². The molecule has 2 aromatic carbocycles. The van der Waals surface area contributed by atoms with Crippen LogP contribution in [-0.2, 0) is 11.4 Å². The molecule has 30 heavy (non-hydrogen) atoms. The van der Waals surface area contributed by atoms with Crippen LogP contribution in [0, 0.1) is 0 Å². The van der Waals surface area contributed by atoms with E-state index in [1.54, 1.807) is 24.3 Å². The number of ether oxygens (including phenoxy) is 1. The van der Waals surface area contributed by atoms with Gasteiger partial charge in [-0.05, 0) is 47.9 Å². The molecule has 1 heterocycles. The van der Waals surface area contributed by atoms with Crippen LogP contribution in [0.5, 0.6) is 5.75 Å². The Kier molecular flexibility index (Phi) is 6.64. The van der Waals surface area contributed by atoms with Crippen LogP contribution in [0.15, 0.2) is 42.1 Å². The van der Waals surface area contributed by atoms with Crippen LogP contribution in [0.3, 0.4) is 0 Å². The number of carboxylic acids is 1. The zero-order valence-electron chi connectivity index (χ0n) is 15.9. The van der Waals surface area contributed by atoms with E-state index in [1.165, 1.54) is 18.2 Å². The Hall–Kier alpha value is -3.03. The summed E-state index contributed by atoms with van der Waals surface area (Å²) in [5, 5.41) is 11.9. The minimum atomic E-state index is -1.01. The number of urea groups is 1. The number of rotatable bonds is 7. The molecule has 2 aromatic rings. The molecule has 1 aliphatic rings. The molecule has 0 aromatic heterocycles. The molecule has 0 saturated carbocycles. The standard InChI is InChI=1S/C21H18Cl2N2O5/c1-2-7-25-19(26)17(24-21(25)29)10-13-8-15(22)18(16(23)9-13)30-11-12-3-5-14(6-4-12)20(27)28/h3-6,8-10H,2,7,11H2,1H3,(H,24,29)(H,27,28)/b17-10+. The molecular weight excluding hydrogens is 431 g/mol. The van der Waals surface area contributed by atoms with Gasteiger partial charge in [0.05, 0.1) is 15.6 Å². The predicted octanol–water partition coefficient (Wildman–Crippen LogP) is 4.57. The number of nitrogens with zero attached hydrogens (tertiary/aromatic N) is 1. The molecule has 3 amide bonds. The maximum absolute atomic E-state index is 12.3. The molecule has 3 rings (SSSR count). The molecule has 1 fully saturated rings. The lowest BCUT2D eigenvalue weighted by Gasteiger charge is -2.11. The average molecular weight is 449 g/mol. The summed E-state index contributed by atoms with van der Waals surface area (Å²) in [6.07, 6.45) is 2.16. The van der Waals surface area contributed by atoms with Gasteiger partial charge >= 0.3 is 12.0 Å². The third-order valence-electron chi connectivity index (χ3n) is 4.33. The highest BCUT2D eigenvalue weighted by Crippen LogP contribution is 2.35. The monoisotopic (exact) mass is 448 g/mol. The molecule has 0 atom stereocenters. The third-order valence-corrected chi connectivity index (χ3v) is 4.89. The van der Waals surface area contributed by atoms with Crippen LogP contribution >= 0.6 is 23.2 Å². The molecule has 1 aliphatic heterocycles. The summed E-state index contributed by atoms with van der Waals surface area (Å²) < 4.78 is 5.69. The van der Waals surface area contributed by atoms with Crippen molar-refractivity contribution >= 4 is 47.2 Å². The first kappa shape index (κ1) is 21.7. The Morgan fingerprint density at radius 3 is 2.37 bits per heavy atom. The van der Waals surface area contributed by atoms with Gasteiger partial charge in [-0.1, -0.05) is 42.3 Å². The van der Waals surface area contributed by atoms with Gasteiger partial charge in [0.15, 0.2) is 5.75 Å². The van der Waals surface area contributed by atoms with E-state index in [0.29, 0.717) is 18.5 Å². The summed E-state index contributed by atoms with van der Waals surface area (Å²) in [5.74, 6) is -1.15. The third kappa shape index (κ3) is 4.75. The van der Waals surface area contributed by atoms with E-state index in [0.717, 1.165) is 10.5 Å². The zero-order chi connectivity index (χ0) is 21.8. The van der Waals surface area contributed by atoms with Crippen LogP contribution < -0.4 is 10.1 Å². The number of amides is 3. The summed E-state index contributed by atoms with van der Waals surface area (Å²) in [6.45, 7) is 2.35. The van der Waals surface area contributed by atoms with Crippen LogP contribution in [0.2, 0.25) is 10.0 Å². The molecule has 2 N–H and O–H groups in total. The number of aromatic carboxylic acids is 1. The highest BCUT2D eigenvalue weighted by molar-refractivity contribution is 6.37. The number of nitrogens with one attached hydrogen (secondary N) is 1. The first-order chi connectivity index (χ1) is 14.3. The summed E-state index contributed by atoms with van der Waals surface area (Å²) in [6, 6.07) is 8.93. The van der Waals surface area contributed by atoms with Crippen molar-refractivity contribution in [1.82, 2.24) is 10.2 Å². The first-order valence-corrected chi connectivity index (χ1v) is 9.84. The van der Waals surface area contributed by atoms with E-state index >= 15 is 0 Å². The number of carboxylic acid groups (broad SMARTS) is 1. The summed E-state index contributed by atoms with van der Waals surface area (Å²) >= 11 is 12.6. The molecule has 1 saturated heterocycles. The Labute approximate surface area is 182 Å². The van der Waals surface area contributed by atoms with Crippen molar-refractivity contribution in [1.29, 1.82) is 0 Å². The molecule has 0 unspecified atom stereocenters. The molecule has 0 aliphatic carbocycles. The Balaban J connectivity index is 1.75. The zero-order valence-corrected chi connectivity index (χ0v) is 17.5. The Bertz CT molecular complexity index is 1010. The van der Waals surface area contributed by atoms with Crippen LogP contribution in [-0.4, -0.2) is 34.5 Å². The van der Waals surface area contributed by atoms with Crippen molar-refractivity contribution in [2.24, 2.45) is 0 Å².